The third-order valence-electron chi connectivity index (χ3n) is 5.23. The van der Waals surface area contributed by atoms with Crippen LogP contribution >= 0.6 is 11.6 Å². The molecule has 1 aliphatic heterocycles. The predicted molar refractivity (Wildman–Crippen MR) is 118 cm³/mol. The van der Waals surface area contributed by atoms with Crippen molar-refractivity contribution in [2.75, 3.05) is 11.4 Å². The Bertz CT molecular complexity index is 1210. The Morgan fingerprint density at radius 1 is 1.07 bits per heavy atom. The maximum atomic E-state index is 12.9. The van der Waals surface area contributed by atoms with E-state index < -0.39 is 10.0 Å². The molecule has 3 aromatic rings. The molecule has 0 saturated heterocycles. The van der Waals surface area contributed by atoms with E-state index in [9.17, 15) is 13.2 Å². The van der Waals surface area contributed by atoms with Crippen LogP contribution < -0.4 is 9.62 Å². The molecule has 1 heterocycles. The van der Waals surface area contributed by atoms with Crippen LogP contribution in [0.2, 0.25) is 5.02 Å². The van der Waals surface area contributed by atoms with Gasteiger partial charge in [-0.2, -0.15) is 0 Å². The summed E-state index contributed by atoms with van der Waals surface area (Å²) < 4.78 is 28.0. The molecule has 4 rings (SSSR count). The van der Waals surface area contributed by atoms with Crippen LogP contribution in [0.15, 0.2) is 71.6 Å². The van der Waals surface area contributed by atoms with Crippen molar-refractivity contribution >= 4 is 33.2 Å². The first-order valence-electron chi connectivity index (χ1n) is 9.60. The fourth-order valence-electron chi connectivity index (χ4n) is 3.61. The lowest BCUT2D eigenvalue weighted by Gasteiger charge is -2.18. The lowest BCUT2D eigenvalue weighted by Crippen LogP contribution is -2.29. The minimum absolute atomic E-state index is 0.0944. The summed E-state index contributed by atoms with van der Waals surface area (Å²) in [4.78, 5) is 14.9. The lowest BCUT2D eigenvalue weighted by atomic mass is 10.1. The zero-order chi connectivity index (χ0) is 21.3. The molecule has 0 aromatic heterocycles. The summed E-state index contributed by atoms with van der Waals surface area (Å²) in [6.45, 7) is 2.51. The number of carbonyl (C=O) groups is 1. The van der Waals surface area contributed by atoms with Crippen LogP contribution in [0.1, 0.15) is 27.0 Å². The second-order valence-electron chi connectivity index (χ2n) is 7.27. The molecule has 0 atom stereocenters. The van der Waals surface area contributed by atoms with E-state index >= 15 is 0 Å². The number of amides is 1. The number of nitrogens with one attached hydrogen (secondary N) is 1. The number of aryl methyl sites for hydroxylation is 1. The van der Waals surface area contributed by atoms with Crippen LogP contribution in [-0.4, -0.2) is 20.9 Å². The third kappa shape index (κ3) is 4.12. The number of nitrogens with zero attached hydrogens (tertiary/aromatic N) is 1. The van der Waals surface area contributed by atoms with Crippen LogP contribution in [0.3, 0.4) is 0 Å². The van der Waals surface area contributed by atoms with Crippen molar-refractivity contribution in [3.05, 3.63) is 94.0 Å². The zero-order valence-corrected chi connectivity index (χ0v) is 18.0. The maximum Gasteiger partial charge on any atom is 0.258 e. The molecule has 1 amide bonds. The normalized spacial score (nSPS) is 13.3. The molecule has 5 nitrogen and oxygen atoms in total. The molecule has 0 spiro atoms. The highest BCUT2D eigenvalue weighted by Gasteiger charge is 2.26. The quantitative estimate of drug-likeness (QED) is 0.642. The average Bonchev–Trinajstić information content (AvgIpc) is 3.16. The van der Waals surface area contributed by atoms with Gasteiger partial charge in [-0.1, -0.05) is 41.9 Å². The van der Waals surface area contributed by atoms with Crippen LogP contribution in [0.4, 0.5) is 5.69 Å². The second-order valence-corrected chi connectivity index (χ2v) is 9.44. The molecule has 0 radical (unpaired) electrons. The van der Waals surface area contributed by atoms with Crippen molar-refractivity contribution in [1.29, 1.82) is 0 Å². The summed E-state index contributed by atoms with van der Waals surface area (Å²) in [5, 5.41) is 0.580. The Balaban J connectivity index is 1.54. The fourth-order valence-corrected chi connectivity index (χ4v) is 5.00. The number of fused-ring (bicyclic) bond motifs is 1. The first-order chi connectivity index (χ1) is 14.3. The van der Waals surface area contributed by atoms with E-state index in [1.54, 1.807) is 60.4 Å². The number of carbonyl (C=O) groups excluding carboxylic acids is 1. The van der Waals surface area contributed by atoms with Crippen molar-refractivity contribution in [3.8, 4) is 0 Å². The molecule has 0 aliphatic carbocycles. The van der Waals surface area contributed by atoms with Gasteiger partial charge in [0.05, 0.1) is 4.90 Å². The van der Waals surface area contributed by atoms with E-state index in [0.29, 0.717) is 22.7 Å². The molecular formula is C23H21ClN2O3S. The average molecular weight is 441 g/mol. The Kier molecular flexibility index (Phi) is 5.64. The van der Waals surface area contributed by atoms with Gasteiger partial charge in [0.15, 0.2) is 0 Å². The van der Waals surface area contributed by atoms with Crippen molar-refractivity contribution in [2.24, 2.45) is 0 Å². The highest BCUT2D eigenvalue weighted by atomic mass is 35.5. The predicted octanol–water partition coefficient (Wildman–Crippen LogP) is 4.33. The largest absolute Gasteiger partial charge is 0.308 e. The third-order valence-corrected chi connectivity index (χ3v) is 7.04. The highest BCUT2D eigenvalue weighted by Crippen LogP contribution is 2.31. The number of hydrogen-bond acceptors (Lipinski definition) is 3. The van der Waals surface area contributed by atoms with Crippen LogP contribution in [-0.2, 0) is 23.0 Å². The van der Waals surface area contributed by atoms with Gasteiger partial charge < -0.3 is 4.90 Å². The minimum Gasteiger partial charge on any atom is -0.308 e. The summed E-state index contributed by atoms with van der Waals surface area (Å²) in [6, 6.07) is 19.4. The van der Waals surface area contributed by atoms with E-state index in [1.807, 2.05) is 18.2 Å². The summed E-state index contributed by atoms with van der Waals surface area (Å²) in [5.41, 5.74) is 3.95. The van der Waals surface area contributed by atoms with Crippen molar-refractivity contribution < 1.29 is 13.2 Å². The van der Waals surface area contributed by atoms with Gasteiger partial charge in [0, 0.05) is 29.4 Å². The summed E-state index contributed by atoms with van der Waals surface area (Å²) in [5.74, 6) is -0.0944. The molecule has 0 saturated carbocycles. The van der Waals surface area contributed by atoms with E-state index in [-0.39, 0.29) is 17.3 Å². The smallest absolute Gasteiger partial charge is 0.258 e. The minimum atomic E-state index is -3.62. The number of sulfonamides is 1. The summed E-state index contributed by atoms with van der Waals surface area (Å²) >= 11 is 5.92. The Labute approximate surface area is 181 Å². The molecule has 1 aliphatic rings. The SMILES string of the molecule is Cc1ccccc1S(=O)(=O)NCc1ccc2c(c1)N(C(=O)c1ccc(Cl)cc1)CC2. The molecule has 0 bridgehead atoms. The molecule has 1 N–H and O–H groups in total. The maximum absolute atomic E-state index is 12.9. The summed E-state index contributed by atoms with van der Waals surface area (Å²) in [7, 11) is -3.62. The van der Waals surface area contributed by atoms with Gasteiger partial charge in [0.25, 0.3) is 5.91 Å². The molecule has 0 fully saturated rings. The molecule has 3 aromatic carbocycles. The van der Waals surface area contributed by atoms with Gasteiger partial charge in [0.2, 0.25) is 10.0 Å². The fraction of sp³-hybridized carbons (Fsp3) is 0.174. The number of benzene rings is 3. The van der Waals surface area contributed by atoms with E-state index in [1.165, 1.54) is 0 Å². The van der Waals surface area contributed by atoms with Gasteiger partial charge in [-0.25, -0.2) is 13.1 Å². The number of rotatable bonds is 5. The second kappa shape index (κ2) is 8.22. The van der Waals surface area contributed by atoms with Gasteiger partial charge in [-0.15, -0.1) is 0 Å². The van der Waals surface area contributed by atoms with Crippen molar-refractivity contribution in [3.63, 3.8) is 0 Å². The van der Waals surface area contributed by atoms with Crippen LogP contribution in [0, 0.1) is 6.92 Å². The van der Waals surface area contributed by atoms with Gasteiger partial charge in [0.1, 0.15) is 0 Å². The standard InChI is InChI=1S/C23H21ClN2O3S/c1-16-4-2-3-5-22(16)30(28,29)25-15-17-6-7-18-12-13-26(21(18)14-17)23(27)19-8-10-20(24)11-9-19/h2-11,14,25H,12-13,15H2,1H3. The molecular weight excluding hydrogens is 420 g/mol. The molecule has 0 unspecified atom stereocenters. The van der Waals surface area contributed by atoms with Crippen LogP contribution in [0.25, 0.3) is 0 Å². The van der Waals surface area contributed by atoms with E-state index in [0.717, 1.165) is 23.2 Å². The van der Waals surface area contributed by atoms with Crippen LogP contribution in [0.5, 0.6) is 0 Å². The zero-order valence-electron chi connectivity index (χ0n) is 16.4. The Morgan fingerprint density at radius 2 is 1.80 bits per heavy atom. The van der Waals surface area contributed by atoms with E-state index in [2.05, 4.69) is 4.72 Å². The molecule has 30 heavy (non-hydrogen) atoms. The first-order valence-corrected chi connectivity index (χ1v) is 11.5. The molecule has 154 valence electrons. The van der Waals surface area contributed by atoms with Crippen molar-refractivity contribution in [1.82, 2.24) is 4.72 Å². The van der Waals surface area contributed by atoms with E-state index in [4.69, 9.17) is 11.6 Å². The lowest BCUT2D eigenvalue weighted by molar-refractivity contribution is 0.0989. The first kappa shape index (κ1) is 20.6. The highest BCUT2D eigenvalue weighted by molar-refractivity contribution is 7.89. The number of hydrogen-bond donors (Lipinski definition) is 1. The molecule has 7 heteroatoms. The monoisotopic (exact) mass is 440 g/mol. The number of anilines is 1. The van der Waals surface area contributed by atoms with Gasteiger partial charge in [-0.3, -0.25) is 4.79 Å². The van der Waals surface area contributed by atoms with Gasteiger partial charge >= 0.3 is 0 Å². The van der Waals surface area contributed by atoms with Crippen molar-refractivity contribution in [2.45, 2.75) is 24.8 Å². The number of halogens is 1. The van der Waals surface area contributed by atoms with Gasteiger partial charge in [-0.05, 0) is 66.4 Å². The topological polar surface area (TPSA) is 66.5 Å². The Hall–Kier alpha value is -2.67. The Morgan fingerprint density at radius 3 is 2.53 bits per heavy atom. The summed E-state index contributed by atoms with van der Waals surface area (Å²) in [6.07, 6.45) is 0.768.